The smallest absolute Gasteiger partial charge is 0.313 e. The number of thiazole rings is 1. The second-order valence-electron chi connectivity index (χ2n) is 19.5. The van der Waals surface area contributed by atoms with E-state index in [-0.39, 0.29) is 46.4 Å². The van der Waals surface area contributed by atoms with E-state index in [1.54, 1.807) is 23.5 Å². The van der Waals surface area contributed by atoms with Gasteiger partial charge in [0.1, 0.15) is 17.6 Å². The number of hydrogen-bond acceptors (Lipinski definition) is 9. The Hall–Kier alpha value is -2.71. The van der Waals surface area contributed by atoms with Gasteiger partial charge in [0.2, 0.25) is 0 Å². The molecule has 0 saturated carbocycles. The van der Waals surface area contributed by atoms with Gasteiger partial charge in [-0.25, -0.2) is 4.98 Å². The van der Waals surface area contributed by atoms with Gasteiger partial charge in [0, 0.05) is 30.1 Å². The highest BCUT2D eigenvalue weighted by Gasteiger charge is 2.50. The van der Waals surface area contributed by atoms with Crippen LogP contribution in [0.15, 0.2) is 53.4 Å². The average Bonchev–Trinajstić information content (AvgIpc) is 3.49. The van der Waals surface area contributed by atoms with Crippen molar-refractivity contribution in [3.63, 3.8) is 0 Å². The minimum atomic E-state index is -2.42. The Kier molecular flexibility index (Phi) is 18.6. The number of ketones is 1. The van der Waals surface area contributed by atoms with Gasteiger partial charge in [-0.15, -0.1) is 11.3 Å². The molecule has 0 aliphatic carbocycles. The summed E-state index contributed by atoms with van der Waals surface area (Å²) < 4.78 is 25.6. The fourth-order valence-electron chi connectivity index (χ4n) is 6.27. The van der Waals surface area contributed by atoms with Crippen LogP contribution in [-0.4, -0.2) is 57.7 Å². The molecule has 0 N–H and O–H groups in total. The van der Waals surface area contributed by atoms with Gasteiger partial charge in [-0.1, -0.05) is 99.6 Å². The number of Topliss-reactive ketones (excluding diaryl/α,β-unsaturated/α-hetero) is 1. The lowest BCUT2D eigenvalue weighted by Crippen LogP contribution is -2.54. The summed E-state index contributed by atoms with van der Waals surface area (Å²) in [6, 6.07) is 9.04. The fraction of sp³-hybridized carbons (Fsp3) is 0.652. The van der Waals surface area contributed by atoms with Crippen LogP contribution in [0.2, 0.25) is 36.3 Å². The lowest BCUT2D eigenvalue weighted by Gasteiger charge is -2.46. The van der Waals surface area contributed by atoms with Crippen LogP contribution in [0.4, 0.5) is 0 Å². The molecule has 0 bridgehead atoms. The van der Waals surface area contributed by atoms with Crippen molar-refractivity contribution in [1.29, 1.82) is 0 Å². The van der Waals surface area contributed by atoms with E-state index in [0.29, 0.717) is 12.2 Å². The normalized spacial score (nSPS) is 16.2. The van der Waals surface area contributed by atoms with E-state index >= 15 is 0 Å². The molecule has 57 heavy (non-hydrogen) atoms. The number of allylic oxidation sites excluding steroid dienone is 1. The summed E-state index contributed by atoms with van der Waals surface area (Å²) in [4.78, 5) is 44.9. The maximum atomic E-state index is 15.0. The molecule has 0 spiro atoms. The van der Waals surface area contributed by atoms with Crippen molar-refractivity contribution in [2.45, 2.75) is 177 Å². The third-order valence-electron chi connectivity index (χ3n) is 12.1. The highest BCUT2D eigenvalue weighted by Crippen LogP contribution is 2.44. The number of para-hydroxylation sites is 1. The molecule has 0 saturated heterocycles. The Morgan fingerprint density at radius 3 is 1.96 bits per heavy atom. The van der Waals surface area contributed by atoms with Crippen molar-refractivity contribution >= 4 is 51.8 Å². The second-order valence-corrected chi connectivity index (χ2v) is 30.0. The van der Waals surface area contributed by atoms with E-state index in [2.05, 4.69) is 91.8 Å². The van der Waals surface area contributed by atoms with E-state index in [4.69, 9.17) is 18.3 Å². The van der Waals surface area contributed by atoms with Crippen LogP contribution in [0.3, 0.4) is 0 Å². The summed E-state index contributed by atoms with van der Waals surface area (Å²) in [5, 5.41) is 2.81. The van der Waals surface area contributed by atoms with Crippen molar-refractivity contribution < 1.29 is 32.7 Å². The van der Waals surface area contributed by atoms with Crippen LogP contribution in [-0.2, 0) is 28.0 Å². The molecule has 320 valence electrons. The topological polar surface area (TPSA) is 101 Å². The van der Waals surface area contributed by atoms with Gasteiger partial charge in [-0.05, 0) is 99.1 Å². The van der Waals surface area contributed by atoms with E-state index in [0.717, 1.165) is 35.5 Å². The Bertz CT molecular complexity index is 1670. The van der Waals surface area contributed by atoms with Gasteiger partial charge in [0.15, 0.2) is 16.6 Å². The van der Waals surface area contributed by atoms with Crippen LogP contribution in [0.5, 0.6) is 5.75 Å². The van der Waals surface area contributed by atoms with Crippen molar-refractivity contribution in [2.75, 3.05) is 0 Å². The fourth-order valence-corrected chi connectivity index (χ4v) is 9.76. The van der Waals surface area contributed by atoms with E-state index < -0.39 is 40.0 Å². The monoisotopic (exact) mass is 841 g/mol. The van der Waals surface area contributed by atoms with Gasteiger partial charge in [-0.3, -0.25) is 14.4 Å². The largest absolute Gasteiger partial charge is 0.458 e. The molecular weight excluding hydrogens is 767 g/mol. The molecule has 1 aromatic carbocycles. The van der Waals surface area contributed by atoms with Crippen LogP contribution in [0, 0.1) is 24.2 Å². The van der Waals surface area contributed by atoms with E-state index in [1.165, 1.54) is 6.92 Å². The zero-order valence-corrected chi connectivity index (χ0v) is 41.1. The number of aromatic nitrogens is 1. The van der Waals surface area contributed by atoms with E-state index in [9.17, 15) is 14.4 Å². The molecule has 0 aliphatic heterocycles. The molecule has 2 aromatic rings. The van der Waals surface area contributed by atoms with Gasteiger partial charge in [0.25, 0.3) is 0 Å². The first-order valence-electron chi connectivity index (χ1n) is 20.7. The third-order valence-corrected chi connectivity index (χ3v) is 21.8. The van der Waals surface area contributed by atoms with Crippen LogP contribution >= 0.6 is 11.3 Å². The van der Waals surface area contributed by atoms with Crippen molar-refractivity contribution in [3.8, 4) is 5.75 Å². The number of nitrogens with zero attached hydrogens (tertiary/aromatic N) is 1. The Labute approximate surface area is 351 Å². The zero-order chi connectivity index (χ0) is 43.6. The van der Waals surface area contributed by atoms with Crippen molar-refractivity contribution in [2.24, 2.45) is 17.3 Å². The summed E-state index contributed by atoms with van der Waals surface area (Å²) in [6.45, 7) is 35.4. The van der Waals surface area contributed by atoms with Gasteiger partial charge >= 0.3 is 11.9 Å². The number of carbonyl (C=O) groups is 3. The summed E-state index contributed by atoms with van der Waals surface area (Å²) >= 11 is 1.59. The molecule has 5 atom stereocenters. The molecule has 11 heteroatoms. The molecule has 2 rings (SSSR count). The first-order chi connectivity index (χ1) is 26.1. The maximum absolute atomic E-state index is 15.0. The zero-order valence-electron chi connectivity index (χ0n) is 38.3. The Morgan fingerprint density at radius 1 is 0.860 bits per heavy atom. The number of unbranched alkanes of at least 4 members (excludes halogenated alkanes) is 1. The number of ether oxygens (including phenoxy) is 2. The number of benzene rings is 1. The first kappa shape index (κ1) is 50.4. The van der Waals surface area contributed by atoms with Crippen molar-refractivity contribution in [1.82, 2.24) is 4.98 Å². The van der Waals surface area contributed by atoms with E-state index in [1.807, 2.05) is 64.3 Å². The summed E-state index contributed by atoms with van der Waals surface area (Å²) in [6.07, 6.45) is 8.03. The minimum Gasteiger partial charge on any atom is -0.458 e. The number of carbonyl (C=O) groups excluding carboxylic acids is 3. The summed E-state index contributed by atoms with van der Waals surface area (Å²) in [5.74, 6) is -0.595. The Morgan fingerprint density at radius 2 is 1.44 bits per heavy atom. The number of esters is 2. The van der Waals surface area contributed by atoms with Gasteiger partial charge < -0.3 is 18.3 Å². The van der Waals surface area contributed by atoms with Gasteiger partial charge in [0.05, 0.1) is 29.3 Å². The molecule has 1 aromatic heterocycles. The second kappa shape index (κ2) is 21.0. The molecule has 0 aliphatic rings. The van der Waals surface area contributed by atoms with Crippen LogP contribution < -0.4 is 4.74 Å². The maximum Gasteiger partial charge on any atom is 0.313 e. The lowest BCUT2D eigenvalue weighted by molar-refractivity contribution is -0.146. The number of hydrogen-bond donors (Lipinski definition) is 0. The molecule has 0 amide bonds. The predicted octanol–water partition coefficient (Wildman–Crippen LogP) is 12.5. The standard InChI is InChI=1S/C46H75NO7SSi2/c1-32(25-21-18-19-24-28-39(51-36(5)48)33(2)29-37-31-55-35(4)47-37)42(54-57(16,17)45(9,10)11)34(3)43(50)46(12,13)40(53-56(14,15)44(6,7)8)30-41(49)52-38-26-22-20-23-27-38/h19-20,22-24,26-27,29,31-32,34,39-40,42H,18,21,25,28,30H2,1-17H3/b24-19-,33-29+/t32-,34+,39-,40-,42-/m0/s1. The SMILES string of the molecule is CC(=O)O[C@@H](C/C=C\CCC[C@H](C)[C@H](O[Si](C)(C)C(C)(C)C)[C@@H](C)C(=O)C(C)(C)[C@H](CC(=O)Oc1ccccc1)O[Si](C)(C)C(C)(C)C)/C(C)=C/c1csc(C)n1. The summed E-state index contributed by atoms with van der Waals surface area (Å²) in [7, 11) is -4.72. The highest BCUT2D eigenvalue weighted by molar-refractivity contribution is 7.09. The lowest BCUT2D eigenvalue weighted by atomic mass is 9.73. The highest BCUT2D eigenvalue weighted by atomic mass is 32.1. The number of aryl methyl sites for hydroxylation is 1. The Balaban J connectivity index is 2.32. The summed E-state index contributed by atoms with van der Waals surface area (Å²) in [5.41, 5.74) is 0.817. The van der Waals surface area contributed by atoms with Crippen molar-refractivity contribution in [3.05, 3.63) is 64.1 Å². The quantitative estimate of drug-likeness (QED) is 0.0403. The van der Waals surface area contributed by atoms with Crippen LogP contribution in [0.1, 0.15) is 126 Å². The first-order valence-corrected chi connectivity index (χ1v) is 27.4. The predicted molar refractivity (Wildman–Crippen MR) is 242 cm³/mol. The molecular formula is C46H75NO7SSi2. The molecule has 8 nitrogen and oxygen atoms in total. The average molecular weight is 842 g/mol. The van der Waals surface area contributed by atoms with Gasteiger partial charge in [-0.2, -0.15) is 0 Å². The number of rotatable bonds is 21. The molecule has 0 unspecified atom stereocenters. The molecule has 0 radical (unpaired) electrons. The molecule has 0 fully saturated rings. The third kappa shape index (κ3) is 15.4. The minimum absolute atomic E-state index is 0.0296. The molecule has 1 heterocycles. The van der Waals surface area contributed by atoms with Crippen LogP contribution in [0.25, 0.3) is 6.08 Å².